The molecule has 0 spiro atoms. The third-order valence-electron chi connectivity index (χ3n) is 2.41. The molecule has 0 aromatic carbocycles. The molecule has 17 heavy (non-hydrogen) atoms. The summed E-state index contributed by atoms with van der Waals surface area (Å²) in [7, 11) is 0. The van der Waals surface area contributed by atoms with Crippen molar-refractivity contribution >= 4 is 11.6 Å². The third kappa shape index (κ3) is 1.65. The molecule has 0 aliphatic heterocycles. The van der Waals surface area contributed by atoms with Crippen molar-refractivity contribution in [3.8, 4) is 6.07 Å². The number of carbonyl (C=O) groups is 1. The van der Waals surface area contributed by atoms with Gasteiger partial charge in [0.25, 0.3) is 5.56 Å². The van der Waals surface area contributed by atoms with Crippen LogP contribution in [-0.2, 0) is 11.2 Å². The highest BCUT2D eigenvalue weighted by Crippen LogP contribution is 2.08. The van der Waals surface area contributed by atoms with Crippen LogP contribution in [0.3, 0.4) is 0 Å². The van der Waals surface area contributed by atoms with Crippen LogP contribution in [-0.4, -0.2) is 25.7 Å². The molecule has 0 saturated heterocycles. The Kier molecular flexibility index (Phi) is 2.40. The summed E-state index contributed by atoms with van der Waals surface area (Å²) in [6.45, 7) is 1.55. The zero-order valence-electron chi connectivity index (χ0n) is 8.89. The largest absolute Gasteiger partial charge is 0.481 e. The van der Waals surface area contributed by atoms with Gasteiger partial charge in [0.15, 0.2) is 5.65 Å². The number of nitrogens with zero attached hydrogens (tertiary/aromatic N) is 3. The summed E-state index contributed by atoms with van der Waals surface area (Å²) in [5.41, 5.74) is 0.405. The zero-order chi connectivity index (χ0) is 12.6. The minimum Gasteiger partial charge on any atom is -0.481 e. The second-order valence-electron chi connectivity index (χ2n) is 3.51. The molecule has 0 atom stereocenters. The number of carboxylic acid groups (broad SMARTS) is 1. The van der Waals surface area contributed by atoms with Crippen molar-refractivity contribution < 1.29 is 9.90 Å². The Balaban J connectivity index is 2.79. The highest BCUT2D eigenvalue weighted by molar-refractivity contribution is 5.70. The van der Waals surface area contributed by atoms with E-state index in [1.54, 1.807) is 6.92 Å². The number of H-pyrrole nitrogens is 1. The summed E-state index contributed by atoms with van der Waals surface area (Å²) >= 11 is 0. The van der Waals surface area contributed by atoms with Gasteiger partial charge in [-0.1, -0.05) is 0 Å². The number of hydrogen-bond acceptors (Lipinski definition) is 4. The van der Waals surface area contributed by atoms with Crippen molar-refractivity contribution in [2.45, 2.75) is 13.3 Å². The molecule has 0 unspecified atom stereocenters. The molecular formula is C10H8N4O3. The molecular weight excluding hydrogens is 224 g/mol. The minimum atomic E-state index is -1.10. The lowest BCUT2D eigenvalue weighted by Gasteiger charge is -2.02. The van der Waals surface area contributed by atoms with Crippen molar-refractivity contribution in [3.63, 3.8) is 0 Å². The quantitative estimate of drug-likeness (QED) is 0.746. The maximum atomic E-state index is 11.9. The summed E-state index contributed by atoms with van der Waals surface area (Å²) < 4.78 is 1.07. The smallest absolute Gasteiger partial charge is 0.308 e. The van der Waals surface area contributed by atoms with Crippen LogP contribution in [0.2, 0.25) is 0 Å². The van der Waals surface area contributed by atoms with Gasteiger partial charge in [-0.2, -0.15) is 5.26 Å². The van der Waals surface area contributed by atoms with Crippen molar-refractivity contribution in [1.29, 1.82) is 5.26 Å². The SMILES string of the molecule is Cc1nc2c(C#N)c[nH]n2c(=O)c1CC(=O)O. The molecule has 0 amide bonds. The molecule has 2 aromatic heterocycles. The summed E-state index contributed by atoms with van der Waals surface area (Å²) in [5, 5.41) is 20.1. The molecule has 0 radical (unpaired) electrons. The molecule has 2 heterocycles. The minimum absolute atomic E-state index is 0.112. The van der Waals surface area contributed by atoms with Crippen molar-refractivity contribution in [3.05, 3.63) is 33.4 Å². The number of hydrogen-bond donors (Lipinski definition) is 2. The summed E-state index contributed by atoms with van der Waals surface area (Å²) in [4.78, 5) is 26.6. The van der Waals surface area contributed by atoms with Gasteiger partial charge in [0.2, 0.25) is 0 Å². The Morgan fingerprint density at radius 1 is 1.71 bits per heavy atom. The Bertz CT molecular complexity index is 705. The molecule has 7 heteroatoms. The fourth-order valence-corrected chi connectivity index (χ4v) is 1.59. The van der Waals surface area contributed by atoms with Gasteiger partial charge in [0.05, 0.1) is 12.0 Å². The normalized spacial score (nSPS) is 10.4. The van der Waals surface area contributed by atoms with Crippen molar-refractivity contribution in [2.75, 3.05) is 0 Å². The van der Waals surface area contributed by atoms with E-state index in [1.807, 2.05) is 6.07 Å². The Labute approximate surface area is 94.9 Å². The molecule has 2 N–H and O–H groups in total. The maximum absolute atomic E-state index is 11.9. The average Bonchev–Trinajstić information content (AvgIpc) is 2.66. The highest BCUT2D eigenvalue weighted by atomic mass is 16.4. The van der Waals surface area contributed by atoms with Crippen LogP contribution in [0.5, 0.6) is 0 Å². The number of nitrogens with one attached hydrogen (secondary N) is 1. The molecule has 0 saturated carbocycles. The summed E-state index contributed by atoms with van der Waals surface area (Å²) in [6.07, 6.45) is 0.967. The molecule has 0 bridgehead atoms. The topological polar surface area (TPSA) is 111 Å². The predicted molar refractivity (Wildman–Crippen MR) is 56.6 cm³/mol. The van der Waals surface area contributed by atoms with Gasteiger partial charge >= 0.3 is 5.97 Å². The third-order valence-corrected chi connectivity index (χ3v) is 2.41. The molecule has 0 fully saturated rings. The first kappa shape index (κ1) is 10.9. The van der Waals surface area contributed by atoms with Gasteiger partial charge in [-0.05, 0) is 6.92 Å². The van der Waals surface area contributed by atoms with Crippen LogP contribution in [0, 0.1) is 18.3 Å². The van der Waals surface area contributed by atoms with E-state index < -0.39 is 11.5 Å². The van der Waals surface area contributed by atoms with E-state index in [1.165, 1.54) is 6.20 Å². The molecule has 2 rings (SSSR count). The highest BCUT2D eigenvalue weighted by Gasteiger charge is 2.15. The van der Waals surface area contributed by atoms with E-state index in [0.717, 1.165) is 4.52 Å². The number of aromatic nitrogens is 3. The van der Waals surface area contributed by atoms with Crippen molar-refractivity contribution in [2.24, 2.45) is 0 Å². The van der Waals surface area contributed by atoms with Crippen LogP contribution in [0.15, 0.2) is 11.0 Å². The van der Waals surface area contributed by atoms with Crippen LogP contribution in [0.4, 0.5) is 0 Å². The monoisotopic (exact) mass is 232 g/mol. The second kappa shape index (κ2) is 3.75. The van der Waals surface area contributed by atoms with Crippen molar-refractivity contribution in [1.82, 2.24) is 14.6 Å². The average molecular weight is 232 g/mol. The number of aryl methyl sites for hydroxylation is 1. The Hall–Kier alpha value is -2.62. The van der Waals surface area contributed by atoms with E-state index >= 15 is 0 Å². The standard InChI is InChI=1S/C10H8N4O3/c1-5-7(2-8(15)16)10(17)14-9(13-5)6(3-11)4-12-14/h4,12H,2H2,1H3,(H,15,16). The van der Waals surface area contributed by atoms with Crippen LogP contribution in [0.25, 0.3) is 5.65 Å². The predicted octanol–water partition coefficient (Wildman–Crippen LogP) is -0.170. The van der Waals surface area contributed by atoms with E-state index in [-0.39, 0.29) is 23.2 Å². The Morgan fingerprint density at radius 2 is 2.41 bits per heavy atom. The van der Waals surface area contributed by atoms with Gasteiger partial charge in [-0.15, -0.1) is 0 Å². The van der Waals surface area contributed by atoms with E-state index in [0.29, 0.717) is 5.69 Å². The van der Waals surface area contributed by atoms with Crippen LogP contribution < -0.4 is 5.56 Å². The van der Waals surface area contributed by atoms with E-state index in [4.69, 9.17) is 10.4 Å². The van der Waals surface area contributed by atoms with Gasteiger partial charge in [-0.3, -0.25) is 14.7 Å². The number of rotatable bonds is 2. The first-order chi connectivity index (χ1) is 8.04. The molecule has 2 aromatic rings. The number of fused-ring (bicyclic) bond motifs is 1. The van der Waals surface area contributed by atoms with Gasteiger partial charge in [0.1, 0.15) is 11.6 Å². The van der Waals surface area contributed by atoms with Gasteiger partial charge in [-0.25, -0.2) is 9.50 Å². The lowest BCUT2D eigenvalue weighted by molar-refractivity contribution is -0.136. The summed E-state index contributed by atoms with van der Waals surface area (Å²) in [5.74, 6) is -1.10. The molecule has 86 valence electrons. The molecule has 0 aliphatic rings. The van der Waals surface area contributed by atoms with Gasteiger partial charge < -0.3 is 5.11 Å². The molecule has 7 nitrogen and oxygen atoms in total. The summed E-state index contributed by atoms with van der Waals surface area (Å²) in [6, 6.07) is 1.89. The lowest BCUT2D eigenvalue weighted by atomic mass is 10.2. The Morgan fingerprint density at radius 3 is 3.00 bits per heavy atom. The second-order valence-corrected chi connectivity index (χ2v) is 3.51. The van der Waals surface area contributed by atoms with E-state index in [2.05, 4.69) is 10.1 Å². The zero-order valence-corrected chi connectivity index (χ0v) is 8.89. The first-order valence-corrected chi connectivity index (χ1v) is 4.76. The number of aliphatic carboxylic acids is 1. The maximum Gasteiger partial charge on any atom is 0.308 e. The lowest BCUT2D eigenvalue weighted by Crippen LogP contribution is -2.24. The molecule has 0 aliphatic carbocycles. The fraction of sp³-hybridized carbons (Fsp3) is 0.200. The fourth-order valence-electron chi connectivity index (χ4n) is 1.59. The first-order valence-electron chi connectivity index (χ1n) is 4.76. The van der Waals surface area contributed by atoms with E-state index in [9.17, 15) is 9.59 Å². The number of aromatic amines is 1. The number of nitriles is 1. The van der Waals surface area contributed by atoms with Crippen LogP contribution in [0.1, 0.15) is 16.8 Å². The van der Waals surface area contributed by atoms with Gasteiger partial charge in [0, 0.05) is 11.9 Å². The number of carboxylic acids is 1. The van der Waals surface area contributed by atoms with Crippen LogP contribution >= 0.6 is 0 Å².